The maximum atomic E-state index is 11.4. The SMILES string of the molecule is COC(=O)c1cc(C)cc(N2CC(O)C2)c1. The number of benzene rings is 1. The van der Waals surface area contributed by atoms with E-state index in [1.165, 1.54) is 7.11 Å². The van der Waals surface area contributed by atoms with Crippen molar-refractivity contribution in [2.75, 3.05) is 25.1 Å². The number of aliphatic hydroxyl groups excluding tert-OH is 1. The summed E-state index contributed by atoms with van der Waals surface area (Å²) in [6.07, 6.45) is -0.248. The Labute approximate surface area is 94.4 Å². The first-order valence-electron chi connectivity index (χ1n) is 5.23. The number of β-amino-alcohol motifs (C(OH)–C–C–N with tert-alkyl or cyclic N) is 1. The first-order valence-corrected chi connectivity index (χ1v) is 5.23. The van der Waals surface area contributed by atoms with Gasteiger partial charge in [-0.15, -0.1) is 0 Å². The lowest BCUT2D eigenvalue weighted by Gasteiger charge is -2.38. The number of carbonyl (C=O) groups excluding carboxylic acids is 1. The van der Waals surface area contributed by atoms with Crippen LogP contribution in [0, 0.1) is 6.92 Å². The van der Waals surface area contributed by atoms with Crippen LogP contribution >= 0.6 is 0 Å². The van der Waals surface area contributed by atoms with Gasteiger partial charge in [-0.25, -0.2) is 4.79 Å². The molecular formula is C12H15NO3. The van der Waals surface area contributed by atoms with Crippen molar-refractivity contribution in [3.05, 3.63) is 29.3 Å². The number of aryl methyl sites for hydroxylation is 1. The topological polar surface area (TPSA) is 49.8 Å². The van der Waals surface area contributed by atoms with Gasteiger partial charge >= 0.3 is 5.97 Å². The highest BCUT2D eigenvalue weighted by atomic mass is 16.5. The van der Waals surface area contributed by atoms with Gasteiger partial charge in [0.1, 0.15) is 0 Å². The molecule has 1 heterocycles. The van der Waals surface area contributed by atoms with E-state index < -0.39 is 0 Å². The number of methoxy groups -OCH3 is 1. The highest BCUT2D eigenvalue weighted by Crippen LogP contribution is 2.24. The highest BCUT2D eigenvalue weighted by molar-refractivity contribution is 5.90. The molecule has 1 saturated heterocycles. The molecule has 0 radical (unpaired) electrons. The second-order valence-electron chi connectivity index (χ2n) is 4.11. The summed E-state index contributed by atoms with van der Waals surface area (Å²) in [5, 5.41) is 9.24. The summed E-state index contributed by atoms with van der Waals surface area (Å²) in [5.41, 5.74) is 2.53. The fourth-order valence-corrected chi connectivity index (χ4v) is 1.85. The summed E-state index contributed by atoms with van der Waals surface area (Å²) in [6.45, 7) is 3.19. The Morgan fingerprint density at radius 3 is 2.69 bits per heavy atom. The second kappa shape index (κ2) is 4.14. The molecule has 4 heteroatoms. The lowest BCUT2D eigenvalue weighted by atomic mass is 10.1. The first kappa shape index (κ1) is 11.0. The normalized spacial score (nSPS) is 15.8. The Kier molecular flexibility index (Phi) is 2.83. The van der Waals surface area contributed by atoms with E-state index >= 15 is 0 Å². The Morgan fingerprint density at radius 2 is 2.12 bits per heavy atom. The molecule has 1 N–H and O–H groups in total. The second-order valence-corrected chi connectivity index (χ2v) is 4.11. The lowest BCUT2D eigenvalue weighted by molar-refractivity contribution is 0.0600. The van der Waals surface area contributed by atoms with Gasteiger partial charge in [-0.1, -0.05) is 0 Å². The van der Waals surface area contributed by atoms with Crippen molar-refractivity contribution in [1.82, 2.24) is 0 Å². The molecule has 0 saturated carbocycles. The molecule has 0 aliphatic carbocycles. The Balaban J connectivity index is 2.25. The van der Waals surface area contributed by atoms with E-state index in [1.807, 2.05) is 17.9 Å². The third-order valence-electron chi connectivity index (χ3n) is 2.71. The fraction of sp³-hybridized carbons (Fsp3) is 0.417. The van der Waals surface area contributed by atoms with Gasteiger partial charge < -0.3 is 14.7 Å². The number of aliphatic hydroxyl groups is 1. The van der Waals surface area contributed by atoms with E-state index in [-0.39, 0.29) is 12.1 Å². The molecule has 2 rings (SSSR count). The Hall–Kier alpha value is -1.55. The van der Waals surface area contributed by atoms with Crippen molar-refractivity contribution in [2.24, 2.45) is 0 Å². The van der Waals surface area contributed by atoms with Gasteiger partial charge in [-0.2, -0.15) is 0 Å². The quantitative estimate of drug-likeness (QED) is 0.756. The number of carbonyl (C=O) groups is 1. The minimum absolute atomic E-state index is 0.248. The van der Waals surface area contributed by atoms with Crippen molar-refractivity contribution in [3.63, 3.8) is 0 Å². The van der Waals surface area contributed by atoms with Crippen molar-refractivity contribution in [1.29, 1.82) is 0 Å². The molecule has 4 nitrogen and oxygen atoms in total. The first-order chi connectivity index (χ1) is 7.60. The largest absolute Gasteiger partial charge is 0.465 e. The molecule has 1 aliphatic rings. The van der Waals surface area contributed by atoms with Crippen molar-refractivity contribution in [2.45, 2.75) is 13.0 Å². The van der Waals surface area contributed by atoms with Gasteiger partial charge in [0.15, 0.2) is 0 Å². The predicted octanol–water partition coefficient (Wildman–Crippen LogP) is 0.963. The maximum Gasteiger partial charge on any atom is 0.337 e. The molecule has 0 aromatic heterocycles. The van der Waals surface area contributed by atoms with Gasteiger partial charge in [0.25, 0.3) is 0 Å². The van der Waals surface area contributed by atoms with Crippen molar-refractivity contribution < 1.29 is 14.6 Å². The zero-order valence-corrected chi connectivity index (χ0v) is 9.43. The monoisotopic (exact) mass is 221 g/mol. The van der Waals surface area contributed by atoms with E-state index in [4.69, 9.17) is 4.74 Å². The summed E-state index contributed by atoms with van der Waals surface area (Å²) >= 11 is 0. The van der Waals surface area contributed by atoms with Gasteiger partial charge in [0.05, 0.1) is 18.8 Å². The smallest absolute Gasteiger partial charge is 0.337 e. The third-order valence-corrected chi connectivity index (χ3v) is 2.71. The van der Waals surface area contributed by atoms with Crippen LogP contribution in [0.25, 0.3) is 0 Å². The molecule has 1 aromatic rings. The standard InChI is InChI=1S/C12H15NO3/c1-8-3-9(12(15)16-2)5-10(4-8)13-6-11(14)7-13/h3-5,11,14H,6-7H2,1-2H3. The number of hydrogen-bond donors (Lipinski definition) is 1. The average Bonchev–Trinajstić information content (AvgIpc) is 2.22. The van der Waals surface area contributed by atoms with Crippen LogP contribution in [0.3, 0.4) is 0 Å². The lowest BCUT2D eigenvalue weighted by Crippen LogP contribution is -2.50. The minimum Gasteiger partial charge on any atom is -0.465 e. The van der Waals surface area contributed by atoms with Crippen LogP contribution in [0.4, 0.5) is 5.69 Å². The Morgan fingerprint density at radius 1 is 1.44 bits per heavy atom. The summed E-state index contributed by atoms with van der Waals surface area (Å²) in [7, 11) is 1.37. The average molecular weight is 221 g/mol. The molecule has 1 aliphatic heterocycles. The van der Waals surface area contributed by atoms with E-state index in [0.29, 0.717) is 18.7 Å². The number of ether oxygens (including phenoxy) is 1. The molecule has 1 fully saturated rings. The predicted molar refractivity (Wildman–Crippen MR) is 60.7 cm³/mol. The number of esters is 1. The number of rotatable bonds is 2. The van der Waals surface area contributed by atoms with Crippen molar-refractivity contribution >= 4 is 11.7 Å². The maximum absolute atomic E-state index is 11.4. The molecular weight excluding hydrogens is 206 g/mol. The highest BCUT2D eigenvalue weighted by Gasteiger charge is 2.25. The zero-order valence-electron chi connectivity index (χ0n) is 9.43. The van der Waals surface area contributed by atoms with E-state index in [0.717, 1.165) is 11.3 Å². The summed E-state index contributed by atoms with van der Waals surface area (Å²) in [4.78, 5) is 13.5. The molecule has 86 valence electrons. The van der Waals surface area contributed by atoms with E-state index in [1.54, 1.807) is 12.1 Å². The van der Waals surface area contributed by atoms with Gasteiger partial charge in [0.2, 0.25) is 0 Å². The van der Waals surface area contributed by atoms with Crippen molar-refractivity contribution in [3.8, 4) is 0 Å². The summed E-state index contributed by atoms with van der Waals surface area (Å²) in [5.74, 6) is -0.328. The molecule has 0 spiro atoms. The molecule has 0 atom stereocenters. The van der Waals surface area contributed by atoms with Crippen LogP contribution < -0.4 is 4.90 Å². The summed E-state index contributed by atoms with van der Waals surface area (Å²) in [6, 6.07) is 5.59. The van der Waals surface area contributed by atoms with Crippen LogP contribution in [0.2, 0.25) is 0 Å². The fourth-order valence-electron chi connectivity index (χ4n) is 1.85. The third kappa shape index (κ3) is 2.02. The van der Waals surface area contributed by atoms with E-state index in [9.17, 15) is 9.90 Å². The molecule has 0 amide bonds. The van der Waals surface area contributed by atoms with Gasteiger partial charge in [-0.3, -0.25) is 0 Å². The molecule has 0 unspecified atom stereocenters. The van der Waals surface area contributed by atoms with Crippen LogP contribution in [-0.4, -0.2) is 37.4 Å². The number of anilines is 1. The zero-order chi connectivity index (χ0) is 11.7. The number of hydrogen-bond acceptors (Lipinski definition) is 4. The van der Waals surface area contributed by atoms with Crippen LogP contribution in [0.5, 0.6) is 0 Å². The van der Waals surface area contributed by atoms with Gasteiger partial charge in [0, 0.05) is 18.8 Å². The minimum atomic E-state index is -0.328. The van der Waals surface area contributed by atoms with E-state index in [2.05, 4.69) is 0 Å². The Bertz CT molecular complexity index is 411. The van der Waals surface area contributed by atoms with Crippen LogP contribution in [0.15, 0.2) is 18.2 Å². The molecule has 0 bridgehead atoms. The van der Waals surface area contributed by atoms with Gasteiger partial charge in [-0.05, 0) is 30.7 Å². The van der Waals surface area contributed by atoms with Crippen LogP contribution in [0.1, 0.15) is 15.9 Å². The summed E-state index contributed by atoms with van der Waals surface area (Å²) < 4.78 is 4.69. The molecule has 16 heavy (non-hydrogen) atoms. The number of nitrogens with zero attached hydrogens (tertiary/aromatic N) is 1. The molecule has 1 aromatic carbocycles. The van der Waals surface area contributed by atoms with Crippen LogP contribution in [-0.2, 0) is 4.74 Å².